The molecule has 0 saturated carbocycles. The molecule has 1 fully saturated rings. The number of urea groups is 1. The van der Waals surface area contributed by atoms with Crippen molar-refractivity contribution in [2.45, 2.75) is 51.5 Å². The molecule has 3 N–H and O–H groups in total. The van der Waals surface area contributed by atoms with Crippen molar-refractivity contribution in [3.8, 4) is 11.1 Å². The molecule has 4 aromatic carbocycles. The Hall–Kier alpha value is -4.01. The van der Waals surface area contributed by atoms with Gasteiger partial charge in [-0.3, -0.25) is 4.90 Å². The van der Waals surface area contributed by atoms with Gasteiger partial charge in [0.1, 0.15) is 0 Å². The second-order valence-electron chi connectivity index (χ2n) is 11.1. The number of benzene rings is 4. The fraction of sp³-hybridized carbons (Fsp3) is 0.306. The third-order valence-corrected chi connectivity index (χ3v) is 7.66. The maximum absolute atomic E-state index is 11.8. The number of rotatable bonds is 11. The standard InChI is InChI=1S/C36H41N3O4/c1-3-37-36(41)38-22-28-10-7-11-32(20-28)29-16-18-31(19-17-29)35-42-33(24-39(2)23-26-8-5-4-6-9-26)21-34(43-35)30-14-12-27(25-40)13-15-30/h4-20,33-35,40H,3,21-25H2,1-2H3,(H2,37,38,41)/t33-,34+,35+/m0/s1. The number of nitrogens with one attached hydrogen (secondary N) is 2. The molecule has 1 aliphatic heterocycles. The Morgan fingerprint density at radius 1 is 0.814 bits per heavy atom. The van der Waals surface area contributed by atoms with Gasteiger partial charge in [-0.15, -0.1) is 0 Å². The van der Waals surface area contributed by atoms with E-state index in [2.05, 4.69) is 83.2 Å². The summed E-state index contributed by atoms with van der Waals surface area (Å²) in [6.45, 7) is 4.58. The van der Waals surface area contributed by atoms with E-state index in [1.165, 1.54) is 5.56 Å². The van der Waals surface area contributed by atoms with E-state index >= 15 is 0 Å². The minimum atomic E-state index is -0.506. The van der Waals surface area contributed by atoms with Gasteiger partial charge in [-0.05, 0) is 53.4 Å². The van der Waals surface area contributed by atoms with Crippen molar-refractivity contribution < 1.29 is 19.4 Å². The molecule has 3 atom stereocenters. The van der Waals surface area contributed by atoms with E-state index in [9.17, 15) is 9.90 Å². The highest BCUT2D eigenvalue weighted by Gasteiger charge is 2.32. The summed E-state index contributed by atoms with van der Waals surface area (Å²) >= 11 is 0. The average molecular weight is 580 g/mol. The van der Waals surface area contributed by atoms with Crippen LogP contribution in [0.25, 0.3) is 11.1 Å². The summed E-state index contributed by atoms with van der Waals surface area (Å²) in [6, 6.07) is 34.8. The third kappa shape index (κ3) is 8.52. The van der Waals surface area contributed by atoms with Crippen molar-refractivity contribution in [1.82, 2.24) is 15.5 Å². The van der Waals surface area contributed by atoms with Gasteiger partial charge in [-0.1, -0.05) is 97.1 Å². The van der Waals surface area contributed by atoms with Crippen LogP contribution < -0.4 is 10.6 Å². The van der Waals surface area contributed by atoms with Crippen LogP contribution in [0.1, 0.15) is 53.6 Å². The normalized spacial score (nSPS) is 18.4. The van der Waals surface area contributed by atoms with E-state index in [-0.39, 0.29) is 24.8 Å². The summed E-state index contributed by atoms with van der Waals surface area (Å²) < 4.78 is 13.1. The predicted octanol–water partition coefficient (Wildman–Crippen LogP) is 6.34. The van der Waals surface area contributed by atoms with Gasteiger partial charge in [-0.2, -0.15) is 0 Å². The van der Waals surface area contributed by atoms with Crippen LogP contribution in [0.4, 0.5) is 4.79 Å². The second kappa shape index (κ2) is 14.9. The van der Waals surface area contributed by atoms with E-state index in [1.54, 1.807) is 0 Å². The number of hydrogen-bond donors (Lipinski definition) is 3. The molecule has 7 heteroatoms. The van der Waals surface area contributed by atoms with Gasteiger partial charge < -0.3 is 25.2 Å². The molecular formula is C36H41N3O4. The molecule has 5 rings (SSSR count). The Labute approximate surface area is 254 Å². The maximum atomic E-state index is 11.8. The quantitative estimate of drug-likeness (QED) is 0.193. The van der Waals surface area contributed by atoms with Crippen molar-refractivity contribution in [3.63, 3.8) is 0 Å². The summed E-state index contributed by atoms with van der Waals surface area (Å²) in [4.78, 5) is 14.1. The second-order valence-corrected chi connectivity index (χ2v) is 11.1. The topological polar surface area (TPSA) is 83.1 Å². The van der Waals surface area contributed by atoms with Crippen LogP contribution in [0.15, 0.2) is 103 Å². The monoisotopic (exact) mass is 579 g/mol. The zero-order valence-corrected chi connectivity index (χ0v) is 24.9. The smallest absolute Gasteiger partial charge is 0.315 e. The van der Waals surface area contributed by atoms with Gasteiger partial charge in [0.05, 0.1) is 18.8 Å². The lowest BCUT2D eigenvalue weighted by Gasteiger charge is -2.38. The molecule has 1 aliphatic rings. The molecular weight excluding hydrogens is 538 g/mol. The first-order valence-electron chi connectivity index (χ1n) is 14.9. The Morgan fingerprint density at radius 3 is 2.26 bits per heavy atom. The number of carbonyl (C=O) groups excluding carboxylic acids is 1. The van der Waals surface area contributed by atoms with Crippen LogP contribution in [-0.2, 0) is 29.2 Å². The minimum Gasteiger partial charge on any atom is -0.392 e. The Bertz CT molecular complexity index is 1440. The number of hydrogen-bond acceptors (Lipinski definition) is 5. The SMILES string of the molecule is CCNC(=O)NCc1cccc(-c2ccc([C@@H]3O[C@H](CN(C)Cc4ccccc4)C[C@H](c4ccc(CO)cc4)O3)cc2)c1. The largest absolute Gasteiger partial charge is 0.392 e. The van der Waals surface area contributed by atoms with Gasteiger partial charge >= 0.3 is 6.03 Å². The first kappa shape index (κ1) is 30.4. The van der Waals surface area contributed by atoms with Crippen LogP contribution >= 0.6 is 0 Å². The van der Waals surface area contributed by atoms with Gasteiger partial charge in [0, 0.05) is 38.2 Å². The number of carbonyl (C=O) groups is 1. The first-order valence-corrected chi connectivity index (χ1v) is 14.9. The number of aliphatic hydroxyl groups excluding tert-OH is 1. The van der Waals surface area contributed by atoms with Gasteiger partial charge in [0.2, 0.25) is 0 Å². The molecule has 2 amide bonds. The number of nitrogens with zero attached hydrogens (tertiary/aromatic N) is 1. The molecule has 0 aliphatic carbocycles. The highest BCUT2D eigenvalue weighted by atomic mass is 16.7. The van der Waals surface area contributed by atoms with Crippen molar-refractivity contribution >= 4 is 6.03 Å². The van der Waals surface area contributed by atoms with E-state index in [4.69, 9.17) is 9.47 Å². The lowest BCUT2D eigenvalue weighted by molar-refractivity contribution is -0.252. The molecule has 43 heavy (non-hydrogen) atoms. The number of amides is 2. The Kier molecular flexibility index (Phi) is 10.6. The van der Waals surface area contributed by atoms with Gasteiger partial charge in [0.25, 0.3) is 0 Å². The van der Waals surface area contributed by atoms with Crippen LogP contribution in [-0.4, -0.2) is 42.3 Å². The van der Waals surface area contributed by atoms with Crippen molar-refractivity contribution in [2.24, 2.45) is 0 Å². The zero-order valence-electron chi connectivity index (χ0n) is 24.9. The fourth-order valence-corrected chi connectivity index (χ4v) is 5.44. The highest BCUT2D eigenvalue weighted by molar-refractivity contribution is 5.73. The van der Waals surface area contributed by atoms with E-state index in [1.807, 2.05) is 49.4 Å². The molecule has 7 nitrogen and oxygen atoms in total. The zero-order chi connectivity index (χ0) is 30.0. The van der Waals surface area contributed by atoms with Gasteiger partial charge in [0.15, 0.2) is 6.29 Å². The van der Waals surface area contributed by atoms with Crippen LogP contribution in [0.2, 0.25) is 0 Å². The van der Waals surface area contributed by atoms with E-state index in [0.29, 0.717) is 13.1 Å². The van der Waals surface area contributed by atoms with Crippen LogP contribution in [0.3, 0.4) is 0 Å². The molecule has 1 saturated heterocycles. The maximum Gasteiger partial charge on any atom is 0.315 e. The summed E-state index contributed by atoms with van der Waals surface area (Å²) in [5.41, 5.74) is 7.38. The Morgan fingerprint density at radius 2 is 1.53 bits per heavy atom. The lowest BCUT2D eigenvalue weighted by atomic mass is 9.99. The van der Waals surface area contributed by atoms with Crippen molar-refractivity contribution in [1.29, 1.82) is 0 Å². The van der Waals surface area contributed by atoms with Gasteiger partial charge in [-0.25, -0.2) is 4.79 Å². The van der Waals surface area contributed by atoms with E-state index in [0.717, 1.165) is 52.9 Å². The van der Waals surface area contributed by atoms with Crippen LogP contribution in [0.5, 0.6) is 0 Å². The molecule has 0 bridgehead atoms. The molecule has 4 aromatic rings. The molecule has 224 valence electrons. The molecule has 0 unspecified atom stereocenters. The summed E-state index contributed by atoms with van der Waals surface area (Å²) in [5.74, 6) is 0. The lowest BCUT2D eigenvalue weighted by Crippen LogP contribution is -2.37. The highest BCUT2D eigenvalue weighted by Crippen LogP contribution is 2.38. The third-order valence-electron chi connectivity index (χ3n) is 7.66. The number of aliphatic hydroxyl groups is 1. The summed E-state index contributed by atoms with van der Waals surface area (Å²) in [5, 5.41) is 15.1. The van der Waals surface area contributed by atoms with Crippen molar-refractivity contribution in [3.05, 3.63) is 131 Å². The molecule has 1 heterocycles. The summed E-state index contributed by atoms with van der Waals surface area (Å²) in [7, 11) is 2.13. The average Bonchev–Trinajstić information content (AvgIpc) is 3.04. The Balaban J connectivity index is 1.31. The van der Waals surface area contributed by atoms with Crippen LogP contribution in [0, 0.1) is 0 Å². The van der Waals surface area contributed by atoms with E-state index < -0.39 is 6.29 Å². The predicted molar refractivity (Wildman–Crippen MR) is 169 cm³/mol. The number of likely N-dealkylation sites (N-methyl/N-ethyl adjacent to an activating group) is 1. The molecule has 0 aromatic heterocycles. The van der Waals surface area contributed by atoms with Crippen molar-refractivity contribution in [2.75, 3.05) is 20.1 Å². The fourth-order valence-electron chi connectivity index (χ4n) is 5.44. The summed E-state index contributed by atoms with van der Waals surface area (Å²) in [6.07, 6.45) is 0.0794. The number of ether oxygens (including phenoxy) is 2. The first-order chi connectivity index (χ1) is 21.0. The molecule has 0 spiro atoms. The minimum absolute atomic E-state index is 0.0183. The molecule has 0 radical (unpaired) electrons.